The Balaban J connectivity index is 2.09. The topological polar surface area (TPSA) is 49.4 Å². The smallest absolute Gasteiger partial charge is 0.238 e. The number of hydrogen-bond donors (Lipinski definition) is 1. The highest BCUT2D eigenvalue weighted by Crippen LogP contribution is 2.25. The maximum absolute atomic E-state index is 11.9. The van der Waals surface area contributed by atoms with Gasteiger partial charge in [-0.25, -0.2) is 0 Å². The van der Waals surface area contributed by atoms with Crippen molar-refractivity contribution in [2.45, 2.75) is 19.5 Å². The van der Waals surface area contributed by atoms with Crippen LogP contribution < -0.4 is 5.32 Å². The third-order valence-electron chi connectivity index (χ3n) is 3.39. The SMILES string of the molecule is Cc1ccccc1C1NCC(=O)N1CCCS(C)=O. The minimum absolute atomic E-state index is 0.0426. The first-order valence-corrected chi connectivity index (χ1v) is 8.20. The largest absolute Gasteiger partial charge is 0.322 e. The van der Waals surface area contributed by atoms with Crippen LogP contribution in [0.3, 0.4) is 0 Å². The second-order valence-corrected chi connectivity index (χ2v) is 6.41. The molecular weight excluding hydrogens is 260 g/mol. The minimum atomic E-state index is -0.795. The molecule has 104 valence electrons. The van der Waals surface area contributed by atoms with Gasteiger partial charge in [0.2, 0.25) is 5.91 Å². The number of benzene rings is 1. The first-order chi connectivity index (χ1) is 9.09. The molecule has 0 spiro atoms. The van der Waals surface area contributed by atoms with Gasteiger partial charge in [-0.3, -0.25) is 14.3 Å². The molecule has 1 aliphatic heterocycles. The summed E-state index contributed by atoms with van der Waals surface area (Å²) in [4.78, 5) is 13.8. The van der Waals surface area contributed by atoms with Crippen molar-refractivity contribution in [3.8, 4) is 0 Å². The van der Waals surface area contributed by atoms with Crippen LogP contribution in [0.2, 0.25) is 0 Å². The van der Waals surface area contributed by atoms with Crippen LogP contribution >= 0.6 is 0 Å². The zero-order valence-electron chi connectivity index (χ0n) is 11.4. The lowest BCUT2D eigenvalue weighted by molar-refractivity contribution is -0.128. The normalized spacial score (nSPS) is 20.8. The molecule has 0 aliphatic carbocycles. The maximum atomic E-state index is 11.9. The quantitative estimate of drug-likeness (QED) is 0.881. The van der Waals surface area contributed by atoms with Crippen molar-refractivity contribution in [2.24, 2.45) is 0 Å². The molecule has 19 heavy (non-hydrogen) atoms. The molecule has 2 rings (SSSR count). The second-order valence-electron chi connectivity index (χ2n) is 4.86. The molecule has 1 heterocycles. The molecule has 1 amide bonds. The van der Waals surface area contributed by atoms with E-state index in [0.717, 1.165) is 12.0 Å². The third kappa shape index (κ3) is 3.42. The summed E-state index contributed by atoms with van der Waals surface area (Å²) in [6.45, 7) is 3.09. The molecule has 5 heteroatoms. The third-order valence-corrected chi connectivity index (χ3v) is 4.26. The Bertz CT molecular complexity index is 490. The zero-order valence-corrected chi connectivity index (χ0v) is 12.2. The highest BCUT2D eigenvalue weighted by molar-refractivity contribution is 7.84. The number of aryl methyl sites for hydroxylation is 1. The van der Waals surface area contributed by atoms with Gasteiger partial charge >= 0.3 is 0 Å². The van der Waals surface area contributed by atoms with E-state index in [9.17, 15) is 9.00 Å². The monoisotopic (exact) mass is 280 g/mol. The summed E-state index contributed by atoms with van der Waals surface area (Å²) < 4.78 is 11.1. The van der Waals surface area contributed by atoms with Crippen molar-refractivity contribution < 1.29 is 9.00 Å². The number of carbonyl (C=O) groups is 1. The van der Waals surface area contributed by atoms with Gasteiger partial charge in [-0.05, 0) is 24.5 Å². The van der Waals surface area contributed by atoms with Crippen molar-refractivity contribution in [3.05, 3.63) is 35.4 Å². The average Bonchev–Trinajstić information content (AvgIpc) is 2.72. The van der Waals surface area contributed by atoms with Crippen LogP contribution in [0.1, 0.15) is 23.7 Å². The molecule has 1 aromatic rings. The Hall–Kier alpha value is -1.20. The summed E-state index contributed by atoms with van der Waals surface area (Å²) in [6.07, 6.45) is 2.43. The lowest BCUT2D eigenvalue weighted by Gasteiger charge is -2.25. The number of carbonyl (C=O) groups excluding carboxylic acids is 1. The Morgan fingerprint density at radius 3 is 2.84 bits per heavy atom. The van der Waals surface area contributed by atoms with Gasteiger partial charge in [0.15, 0.2) is 0 Å². The van der Waals surface area contributed by atoms with Gasteiger partial charge < -0.3 is 4.90 Å². The Kier molecular flexibility index (Phi) is 4.71. The fourth-order valence-corrected chi connectivity index (χ4v) is 2.94. The van der Waals surface area contributed by atoms with Crippen LogP contribution in [-0.4, -0.2) is 40.1 Å². The molecule has 1 saturated heterocycles. The summed E-state index contributed by atoms with van der Waals surface area (Å²) in [6, 6.07) is 8.10. The van der Waals surface area contributed by atoms with Crippen LogP contribution in [0.15, 0.2) is 24.3 Å². The number of amides is 1. The molecule has 0 aromatic heterocycles. The molecule has 0 bridgehead atoms. The van der Waals surface area contributed by atoms with Crippen LogP contribution in [0, 0.1) is 6.92 Å². The van der Waals surface area contributed by atoms with E-state index in [4.69, 9.17) is 0 Å². The molecule has 1 aromatic carbocycles. The van der Waals surface area contributed by atoms with Crippen molar-refractivity contribution in [2.75, 3.05) is 25.1 Å². The van der Waals surface area contributed by atoms with E-state index in [1.165, 1.54) is 5.56 Å². The Morgan fingerprint density at radius 1 is 1.42 bits per heavy atom. The van der Waals surface area contributed by atoms with Crippen LogP contribution in [0.5, 0.6) is 0 Å². The number of hydrogen-bond acceptors (Lipinski definition) is 3. The van der Waals surface area contributed by atoms with Crippen molar-refractivity contribution in [1.82, 2.24) is 10.2 Å². The lowest BCUT2D eigenvalue weighted by Crippen LogP contribution is -2.32. The molecule has 0 radical (unpaired) electrons. The van der Waals surface area contributed by atoms with Gasteiger partial charge in [0.1, 0.15) is 6.17 Å². The van der Waals surface area contributed by atoms with E-state index in [-0.39, 0.29) is 12.1 Å². The van der Waals surface area contributed by atoms with E-state index in [1.54, 1.807) is 6.26 Å². The molecular formula is C14H20N2O2S. The van der Waals surface area contributed by atoms with Crippen molar-refractivity contribution in [3.63, 3.8) is 0 Å². The van der Waals surface area contributed by atoms with E-state index >= 15 is 0 Å². The number of rotatable bonds is 5. The number of nitrogens with one attached hydrogen (secondary N) is 1. The predicted octanol–water partition coefficient (Wildman–Crippen LogP) is 1.19. The van der Waals surface area contributed by atoms with Gasteiger partial charge in [-0.15, -0.1) is 0 Å². The van der Waals surface area contributed by atoms with Crippen LogP contribution in [0.25, 0.3) is 0 Å². The molecule has 4 nitrogen and oxygen atoms in total. The van der Waals surface area contributed by atoms with E-state index in [2.05, 4.69) is 24.4 Å². The number of nitrogens with zero attached hydrogens (tertiary/aromatic N) is 1. The van der Waals surface area contributed by atoms with E-state index in [1.807, 2.05) is 17.0 Å². The van der Waals surface area contributed by atoms with Gasteiger partial charge in [0, 0.05) is 29.4 Å². The first kappa shape index (κ1) is 14.2. The van der Waals surface area contributed by atoms with E-state index in [0.29, 0.717) is 18.8 Å². The molecule has 1 fully saturated rings. The standard InChI is InChI=1S/C14H20N2O2S/c1-11-6-3-4-7-12(11)14-15-10-13(17)16(14)8-5-9-19(2)18/h3-4,6-7,14-15H,5,8-10H2,1-2H3. The molecule has 2 atom stereocenters. The summed E-state index contributed by atoms with van der Waals surface area (Å²) >= 11 is 0. The molecule has 0 saturated carbocycles. The highest BCUT2D eigenvalue weighted by Gasteiger charge is 2.31. The lowest BCUT2D eigenvalue weighted by atomic mass is 10.1. The van der Waals surface area contributed by atoms with Gasteiger partial charge in [-0.1, -0.05) is 24.3 Å². The van der Waals surface area contributed by atoms with E-state index < -0.39 is 10.8 Å². The molecule has 2 unspecified atom stereocenters. The average molecular weight is 280 g/mol. The summed E-state index contributed by atoms with van der Waals surface area (Å²) in [5, 5.41) is 3.25. The Morgan fingerprint density at radius 2 is 2.16 bits per heavy atom. The summed E-state index contributed by atoms with van der Waals surface area (Å²) in [7, 11) is -0.795. The predicted molar refractivity (Wildman–Crippen MR) is 77.2 cm³/mol. The van der Waals surface area contributed by atoms with Gasteiger partial charge in [0.05, 0.1) is 6.54 Å². The van der Waals surface area contributed by atoms with Crippen LogP contribution in [0.4, 0.5) is 0 Å². The van der Waals surface area contributed by atoms with Gasteiger partial charge in [-0.2, -0.15) is 0 Å². The summed E-state index contributed by atoms with van der Waals surface area (Å²) in [5.74, 6) is 0.764. The second kappa shape index (κ2) is 6.30. The van der Waals surface area contributed by atoms with Gasteiger partial charge in [0.25, 0.3) is 0 Å². The fraction of sp³-hybridized carbons (Fsp3) is 0.500. The van der Waals surface area contributed by atoms with Crippen molar-refractivity contribution >= 4 is 16.7 Å². The first-order valence-electron chi connectivity index (χ1n) is 6.48. The fourth-order valence-electron chi connectivity index (χ4n) is 2.40. The van der Waals surface area contributed by atoms with Crippen LogP contribution in [-0.2, 0) is 15.6 Å². The zero-order chi connectivity index (χ0) is 13.8. The maximum Gasteiger partial charge on any atom is 0.238 e. The highest BCUT2D eigenvalue weighted by atomic mass is 32.2. The molecule has 1 aliphatic rings. The molecule has 1 N–H and O–H groups in total. The minimum Gasteiger partial charge on any atom is -0.322 e. The summed E-state index contributed by atoms with van der Waals surface area (Å²) in [5.41, 5.74) is 2.32. The Labute approximate surface area is 116 Å². The van der Waals surface area contributed by atoms with Crippen molar-refractivity contribution in [1.29, 1.82) is 0 Å².